The Bertz CT molecular complexity index is 447. The number of benzene rings is 1. The zero-order valence-electron chi connectivity index (χ0n) is 9.98. The van der Waals surface area contributed by atoms with Gasteiger partial charge < -0.3 is 10.0 Å². The lowest BCUT2D eigenvalue weighted by atomic mass is 10.1. The van der Waals surface area contributed by atoms with Gasteiger partial charge in [-0.05, 0) is 38.0 Å². The molecule has 0 aromatic heterocycles. The van der Waals surface area contributed by atoms with Gasteiger partial charge in [-0.3, -0.25) is 4.79 Å². The summed E-state index contributed by atoms with van der Waals surface area (Å²) in [5.74, 6) is -0.587. The quantitative estimate of drug-likeness (QED) is 0.808. The standard InChI is InChI=1S/C13H16FNO2/c1-8-3-4-10(6-12(8)14)13(17)15-7-11(16)5-9(15)2/h3-4,6,9,11,16H,5,7H2,1-2H3/t9-,11+/m1/s1. The Morgan fingerprint density at radius 1 is 1.53 bits per heavy atom. The maximum atomic E-state index is 13.4. The Labute approximate surface area is 99.9 Å². The van der Waals surface area contributed by atoms with Crippen LogP contribution in [0.5, 0.6) is 0 Å². The van der Waals surface area contributed by atoms with E-state index in [0.717, 1.165) is 0 Å². The van der Waals surface area contributed by atoms with Crippen LogP contribution in [0.4, 0.5) is 4.39 Å². The van der Waals surface area contributed by atoms with E-state index in [4.69, 9.17) is 0 Å². The van der Waals surface area contributed by atoms with E-state index in [-0.39, 0.29) is 17.8 Å². The number of nitrogens with zero attached hydrogens (tertiary/aromatic N) is 1. The molecule has 3 nitrogen and oxygen atoms in total. The van der Waals surface area contributed by atoms with E-state index in [1.54, 1.807) is 24.0 Å². The highest BCUT2D eigenvalue weighted by Crippen LogP contribution is 2.21. The average molecular weight is 237 g/mol. The predicted octanol–water partition coefficient (Wildman–Crippen LogP) is 1.73. The monoisotopic (exact) mass is 237 g/mol. The highest BCUT2D eigenvalue weighted by atomic mass is 19.1. The second kappa shape index (κ2) is 4.45. The summed E-state index contributed by atoms with van der Waals surface area (Å²) < 4.78 is 13.4. The van der Waals surface area contributed by atoms with Crippen LogP contribution in [0, 0.1) is 12.7 Å². The van der Waals surface area contributed by atoms with Gasteiger partial charge in [-0.2, -0.15) is 0 Å². The molecule has 92 valence electrons. The molecular formula is C13H16FNO2. The average Bonchev–Trinajstić information content (AvgIpc) is 2.61. The van der Waals surface area contributed by atoms with Gasteiger partial charge in [-0.25, -0.2) is 4.39 Å². The van der Waals surface area contributed by atoms with Crippen LogP contribution in [-0.4, -0.2) is 34.6 Å². The fourth-order valence-electron chi connectivity index (χ4n) is 2.18. The summed E-state index contributed by atoms with van der Waals surface area (Å²) in [6, 6.07) is 4.48. The number of β-amino-alcohol motifs (C(OH)–C–C–N with tert-alkyl or cyclic N) is 1. The Morgan fingerprint density at radius 3 is 2.76 bits per heavy atom. The van der Waals surface area contributed by atoms with Crippen molar-refractivity contribution in [3.63, 3.8) is 0 Å². The van der Waals surface area contributed by atoms with E-state index in [2.05, 4.69) is 0 Å². The number of hydrogen-bond donors (Lipinski definition) is 1. The lowest BCUT2D eigenvalue weighted by Crippen LogP contribution is -2.34. The molecule has 0 unspecified atom stereocenters. The third-order valence-corrected chi connectivity index (χ3v) is 3.23. The molecule has 1 heterocycles. The number of hydrogen-bond acceptors (Lipinski definition) is 2. The number of aryl methyl sites for hydroxylation is 1. The molecule has 0 saturated carbocycles. The predicted molar refractivity (Wildman–Crippen MR) is 62.3 cm³/mol. The molecule has 1 aliphatic heterocycles. The third kappa shape index (κ3) is 2.31. The molecule has 1 aromatic rings. The molecule has 17 heavy (non-hydrogen) atoms. The fraction of sp³-hybridized carbons (Fsp3) is 0.462. The van der Waals surface area contributed by atoms with Crippen molar-refractivity contribution < 1.29 is 14.3 Å². The summed E-state index contributed by atoms with van der Waals surface area (Å²) >= 11 is 0. The van der Waals surface area contributed by atoms with Gasteiger partial charge in [0.15, 0.2) is 0 Å². The summed E-state index contributed by atoms with van der Waals surface area (Å²) in [5, 5.41) is 9.50. The van der Waals surface area contributed by atoms with Gasteiger partial charge in [0.1, 0.15) is 5.82 Å². The molecule has 0 aliphatic carbocycles. The number of aliphatic hydroxyl groups is 1. The van der Waals surface area contributed by atoms with Crippen molar-refractivity contribution >= 4 is 5.91 Å². The van der Waals surface area contributed by atoms with Gasteiger partial charge in [0.2, 0.25) is 0 Å². The number of carbonyl (C=O) groups is 1. The lowest BCUT2D eigenvalue weighted by molar-refractivity contribution is 0.0725. The van der Waals surface area contributed by atoms with Crippen LogP contribution in [0.2, 0.25) is 0 Å². The highest BCUT2D eigenvalue weighted by Gasteiger charge is 2.31. The summed E-state index contributed by atoms with van der Waals surface area (Å²) in [6.45, 7) is 3.87. The van der Waals surface area contributed by atoms with Gasteiger partial charge >= 0.3 is 0 Å². The van der Waals surface area contributed by atoms with Gasteiger partial charge in [0.05, 0.1) is 6.10 Å². The SMILES string of the molecule is Cc1ccc(C(=O)N2C[C@@H](O)C[C@H]2C)cc1F. The first kappa shape index (κ1) is 12.0. The molecule has 1 saturated heterocycles. The molecule has 0 bridgehead atoms. The van der Waals surface area contributed by atoms with Gasteiger partial charge in [-0.1, -0.05) is 6.07 Å². The van der Waals surface area contributed by atoms with Crippen molar-refractivity contribution in [2.24, 2.45) is 0 Å². The molecule has 0 radical (unpaired) electrons. The molecule has 1 amide bonds. The fourth-order valence-corrected chi connectivity index (χ4v) is 2.18. The molecular weight excluding hydrogens is 221 g/mol. The van der Waals surface area contributed by atoms with Crippen LogP contribution in [0.1, 0.15) is 29.3 Å². The number of carbonyl (C=O) groups excluding carboxylic acids is 1. The summed E-state index contributed by atoms with van der Waals surface area (Å²) in [7, 11) is 0. The first-order valence-corrected chi connectivity index (χ1v) is 5.74. The van der Waals surface area contributed by atoms with Gasteiger partial charge in [-0.15, -0.1) is 0 Å². The molecule has 0 spiro atoms. The Balaban J connectivity index is 2.22. The highest BCUT2D eigenvalue weighted by molar-refractivity contribution is 5.94. The number of halogens is 1. The number of amides is 1. The molecule has 1 aliphatic rings. The maximum absolute atomic E-state index is 13.4. The molecule has 2 atom stereocenters. The van der Waals surface area contributed by atoms with Crippen LogP contribution in [0.3, 0.4) is 0 Å². The van der Waals surface area contributed by atoms with Crippen molar-refractivity contribution in [3.8, 4) is 0 Å². The summed E-state index contributed by atoms with van der Waals surface area (Å²) in [6.07, 6.45) is 0.115. The third-order valence-electron chi connectivity index (χ3n) is 3.23. The van der Waals surface area contributed by atoms with E-state index in [0.29, 0.717) is 24.1 Å². The maximum Gasteiger partial charge on any atom is 0.254 e. The minimum Gasteiger partial charge on any atom is -0.391 e. The van der Waals surface area contributed by atoms with Crippen molar-refractivity contribution in [1.29, 1.82) is 0 Å². The molecule has 2 rings (SSSR count). The zero-order chi connectivity index (χ0) is 12.6. The van der Waals surface area contributed by atoms with Crippen molar-refractivity contribution in [3.05, 3.63) is 35.1 Å². The largest absolute Gasteiger partial charge is 0.391 e. The minimum atomic E-state index is -0.468. The van der Waals surface area contributed by atoms with Crippen molar-refractivity contribution in [2.75, 3.05) is 6.54 Å². The summed E-state index contributed by atoms with van der Waals surface area (Å²) in [4.78, 5) is 13.7. The second-order valence-electron chi connectivity index (χ2n) is 4.66. The van der Waals surface area contributed by atoms with E-state index in [9.17, 15) is 14.3 Å². The zero-order valence-corrected chi connectivity index (χ0v) is 9.98. The normalized spacial score (nSPS) is 24.1. The topological polar surface area (TPSA) is 40.5 Å². The van der Waals surface area contributed by atoms with Gasteiger partial charge in [0.25, 0.3) is 5.91 Å². The Kier molecular flexibility index (Phi) is 3.15. The molecule has 1 aromatic carbocycles. The number of aliphatic hydroxyl groups excluding tert-OH is 1. The Hall–Kier alpha value is -1.42. The van der Waals surface area contributed by atoms with Crippen LogP contribution in [-0.2, 0) is 0 Å². The van der Waals surface area contributed by atoms with Crippen LogP contribution >= 0.6 is 0 Å². The number of rotatable bonds is 1. The molecule has 4 heteroatoms. The summed E-state index contributed by atoms with van der Waals surface area (Å²) in [5.41, 5.74) is 0.866. The second-order valence-corrected chi connectivity index (χ2v) is 4.66. The van der Waals surface area contributed by atoms with E-state index < -0.39 is 6.10 Å². The van der Waals surface area contributed by atoms with Crippen LogP contribution in [0.25, 0.3) is 0 Å². The van der Waals surface area contributed by atoms with Crippen LogP contribution in [0.15, 0.2) is 18.2 Å². The first-order chi connectivity index (χ1) is 7.99. The van der Waals surface area contributed by atoms with Crippen molar-refractivity contribution in [2.45, 2.75) is 32.4 Å². The number of likely N-dealkylation sites (tertiary alicyclic amines) is 1. The van der Waals surface area contributed by atoms with Gasteiger partial charge in [0, 0.05) is 18.2 Å². The van der Waals surface area contributed by atoms with E-state index >= 15 is 0 Å². The lowest BCUT2D eigenvalue weighted by Gasteiger charge is -2.21. The minimum absolute atomic E-state index is 0.00173. The molecule has 1 fully saturated rings. The van der Waals surface area contributed by atoms with E-state index in [1.165, 1.54) is 6.07 Å². The molecule has 1 N–H and O–H groups in total. The van der Waals surface area contributed by atoms with Crippen LogP contribution < -0.4 is 0 Å². The van der Waals surface area contributed by atoms with Crippen molar-refractivity contribution in [1.82, 2.24) is 4.90 Å². The first-order valence-electron chi connectivity index (χ1n) is 5.74. The Morgan fingerprint density at radius 2 is 2.24 bits per heavy atom. The van der Waals surface area contributed by atoms with E-state index in [1.807, 2.05) is 6.92 Å². The smallest absolute Gasteiger partial charge is 0.254 e.